The Morgan fingerprint density at radius 3 is 2.53 bits per heavy atom. The van der Waals surface area contributed by atoms with Crippen LogP contribution in [0.15, 0.2) is 26.8 Å². The van der Waals surface area contributed by atoms with Gasteiger partial charge in [0.05, 0.1) is 0 Å². The number of pyridine rings is 1. The monoisotopic (exact) mass is 248 g/mol. The minimum absolute atomic E-state index is 0.320. The minimum atomic E-state index is -3.96. The van der Waals surface area contributed by atoms with Crippen LogP contribution in [0.25, 0.3) is 0 Å². The Bertz CT molecular complexity index is 519. The van der Waals surface area contributed by atoms with Crippen LogP contribution in [-0.4, -0.2) is 19.2 Å². The van der Waals surface area contributed by atoms with Crippen molar-refractivity contribution >= 4 is 21.8 Å². The summed E-state index contributed by atoms with van der Waals surface area (Å²) in [5.74, 6) is 0. The van der Waals surface area contributed by atoms with Crippen LogP contribution in [0.5, 0.6) is 0 Å². The van der Waals surface area contributed by atoms with Gasteiger partial charge in [0, 0.05) is 17.6 Å². The molecule has 0 aliphatic carbocycles. The van der Waals surface area contributed by atoms with E-state index in [9.17, 15) is 13.2 Å². The summed E-state index contributed by atoms with van der Waals surface area (Å²) in [6, 6.07) is 1.58. The Morgan fingerprint density at radius 2 is 2.13 bits per heavy atom. The number of nitrogens with two attached hydrogens (primary N) is 1. The molecule has 0 fully saturated rings. The van der Waals surface area contributed by atoms with E-state index in [-0.39, 0.29) is 4.90 Å². The lowest BCUT2D eigenvalue weighted by molar-refractivity contribution is 0.589. The Kier molecular flexibility index (Phi) is 3.58. The number of hydrogen-bond acceptors (Lipinski definition) is 4. The summed E-state index contributed by atoms with van der Waals surface area (Å²) in [5, 5.41) is 5.00. The SMILES string of the molecule is CCn1ccc(SC)c(S(N)(=O)=O)c1=O. The largest absolute Gasteiger partial charge is 0.315 e. The van der Waals surface area contributed by atoms with Crippen molar-refractivity contribution in [2.45, 2.75) is 23.3 Å². The molecular weight excluding hydrogens is 236 g/mol. The highest BCUT2D eigenvalue weighted by atomic mass is 32.2. The van der Waals surface area contributed by atoms with Crippen LogP contribution in [0.4, 0.5) is 0 Å². The zero-order chi connectivity index (χ0) is 11.6. The van der Waals surface area contributed by atoms with E-state index in [0.717, 1.165) is 0 Å². The van der Waals surface area contributed by atoms with Gasteiger partial charge >= 0.3 is 0 Å². The van der Waals surface area contributed by atoms with Crippen LogP contribution in [0.3, 0.4) is 0 Å². The van der Waals surface area contributed by atoms with Gasteiger partial charge in [-0.3, -0.25) is 4.79 Å². The van der Waals surface area contributed by atoms with Crippen molar-refractivity contribution < 1.29 is 8.42 Å². The van der Waals surface area contributed by atoms with Gasteiger partial charge in [-0.05, 0) is 19.2 Å². The normalized spacial score (nSPS) is 11.7. The summed E-state index contributed by atoms with van der Waals surface area (Å²) in [4.78, 5) is 11.8. The average molecular weight is 248 g/mol. The first-order valence-corrected chi connectivity index (χ1v) is 6.99. The molecule has 0 bridgehead atoms. The van der Waals surface area contributed by atoms with Gasteiger partial charge in [0.2, 0.25) is 10.0 Å². The van der Waals surface area contributed by atoms with Crippen molar-refractivity contribution in [3.8, 4) is 0 Å². The van der Waals surface area contributed by atoms with Gasteiger partial charge in [-0.15, -0.1) is 11.8 Å². The van der Waals surface area contributed by atoms with E-state index in [4.69, 9.17) is 5.14 Å². The third-order valence-electron chi connectivity index (χ3n) is 1.93. The van der Waals surface area contributed by atoms with Gasteiger partial charge in [0.15, 0.2) is 4.90 Å². The highest BCUT2D eigenvalue weighted by molar-refractivity contribution is 7.99. The third-order valence-corrected chi connectivity index (χ3v) is 3.80. The maximum atomic E-state index is 11.7. The van der Waals surface area contributed by atoms with Crippen LogP contribution in [0, 0.1) is 0 Å². The molecule has 0 saturated heterocycles. The van der Waals surface area contributed by atoms with Crippen molar-refractivity contribution in [2.24, 2.45) is 5.14 Å². The lowest BCUT2D eigenvalue weighted by atomic mass is 10.4. The molecule has 0 radical (unpaired) electrons. The second kappa shape index (κ2) is 4.38. The minimum Gasteiger partial charge on any atom is -0.315 e. The first kappa shape index (κ1) is 12.3. The number of thioether (sulfide) groups is 1. The van der Waals surface area contributed by atoms with Crippen LogP contribution >= 0.6 is 11.8 Å². The van der Waals surface area contributed by atoms with E-state index in [2.05, 4.69) is 0 Å². The summed E-state index contributed by atoms with van der Waals surface area (Å²) < 4.78 is 23.8. The van der Waals surface area contributed by atoms with Crippen molar-refractivity contribution in [2.75, 3.05) is 6.26 Å². The molecule has 0 aromatic carbocycles. The Morgan fingerprint density at radius 1 is 1.53 bits per heavy atom. The second-order valence-electron chi connectivity index (χ2n) is 2.85. The van der Waals surface area contributed by atoms with Crippen LogP contribution in [-0.2, 0) is 16.6 Å². The zero-order valence-electron chi connectivity index (χ0n) is 8.43. The summed E-state index contributed by atoms with van der Waals surface area (Å²) in [6.07, 6.45) is 3.25. The molecule has 0 spiro atoms. The molecule has 0 atom stereocenters. The van der Waals surface area contributed by atoms with Gasteiger partial charge in [0.25, 0.3) is 5.56 Å². The van der Waals surface area contributed by atoms with Gasteiger partial charge in [-0.2, -0.15) is 0 Å². The summed E-state index contributed by atoms with van der Waals surface area (Å²) in [5.41, 5.74) is -0.563. The fraction of sp³-hybridized carbons (Fsp3) is 0.375. The molecule has 1 heterocycles. The maximum Gasteiger partial charge on any atom is 0.271 e. The van der Waals surface area contributed by atoms with E-state index in [0.29, 0.717) is 11.4 Å². The molecule has 1 aromatic rings. The van der Waals surface area contributed by atoms with Gasteiger partial charge in [0.1, 0.15) is 0 Å². The Hall–Kier alpha value is -0.790. The zero-order valence-corrected chi connectivity index (χ0v) is 10.1. The van der Waals surface area contributed by atoms with E-state index < -0.39 is 15.6 Å². The van der Waals surface area contributed by atoms with E-state index in [1.807, 2.05) is 0 Å². The highest BCUT2D eigenvalue weighted by Gasteiger charge is 2.19. The third kappa shape index (κ3) is 2.42. The first-order chi connectivity index (χ1) is 6.91. The number of rotatable bonds is 3. The molecule has 0 aliphatic heterocycles. The van der Waals surface area contributed by atoms with Crippen molar-refractivity contribution in [3.05, 3.63) is 22.6 Å². The van der Waals surface area contributed by atoms with Gasteiger partial charge in [-0.1, -0.05) is 0 Å². The number of aromatic nitrogens is 1. The topological polar surface area (TPSA) is 82.2 Å². The predicted octanol–water partition coefficient (Wildman–Crippen LogP) is 0.238. The molecule has 1 aromatic heterocycles. The summed E-state index contributed by atoms with van der Waals surface area (Å²) >= 11 is 1.18. The molecule has 0 unspecified atom stereocenters. The highest BCUT2D eigenvalue weighted by Crippen LogP contribution is 2.19. The van der Waals surface area contributed by atoms with Gasteiger partial charge < -0.3 is 4.57 Å². The standard InChI is InChI=1S/C8H12N2O3S2/c1-3-10-5-4-6(14-2)7(8(10)11)15(9,12)13/h4-5H,3H2,1-2H3,(H2,9,12,13). The second-order valence-corrected chi connectivity index (χ2v) is 5.20. The number of hydrogen-bond donors (Lipinski definition) is 1. The number of sulfonamides is 1. The molecule has 0 aliphatic rings. The molecule has 0 saturated carbocycles. The lowest BCUT2D eigenvalue weighted by Crippen LogP contribution is -2.29. The molecule has 15 heavy (non-hydrogen) atoms. The first-order valence-electron chi connectivity index (χ1n) is 4.22. The quantitative estimate of drug-likeness (QED) is 0.777. The van der Waals surface area contributed by atoms with E-state index >= 15 is 0 Å². The van der Waals surface area contributed by atoms with Crippen LogP contribution in [0.2, 0.25) is 0 Å². The number of primary sulfonamides is 1. The molecule has 5 nitrogen and oxygen atoms in total. The fourth-order valence-electron chi connectivity index (χ4n) is 1.21. The predicted molar refractivity (Wildman–Crippen MR) is 59.5 cm³/mol. The Labute approximate surface area is 92.3 Å². The Balaban J connectivity index is 3.66. The summed E-state index contributed by atoms with van der Waals surface area (Å²) in [6.45, 7) is 2.17. The van der Waals surface area contributed by atoms with E-state index in [1.54, 1.807) is 25.4 Å². The maximum absolute atomic E-state index is 11.7. The molecule has 84 valence electrons. The molecule has 1 rings (SSSR count). The molecule has 0 amide bonds. The van der Waals surface area contributed by atoms with Gasteiger partial charge in [-0.25, -0.2) is 13.6 Å². The molecular formula is C8H12N2O3S2. The summed E-state index contributed by atoms with van der Waals surface area (Å²) in [7, 11) is -3.96. The van der Waals surface area contributed by atoms with Crippen LogP contribution < -0.4 is 10.7 Å². The average Bonchev–Trinajstić information content (AvgIpc) is 2.15. The molecule has 7 heteroatoms. The van der Waals surface area contributed by atoms with Crippen LogP contribution in [0.1, 0.15) is 6.92 Å². The number of nitrogens with zero attached hydrogens (tertiary/aromatic N) is 1. The van der Waals surface area contributed by atoms with E-state index in [1.165, 1.54) is 16.3 Å². The van der Waals surface area contributed by atoms with Crippen molar-refractivity contribution in [3.63, 3.8) is 0 Å². The lowest BCUT2D eigenvalue weighted by Gasteiger charge is -2.07. The number of aryl methyl sites for hydroxylation is 1. The van der Waals surface area contributed by atoms with Crippen molar-refractivity contribution in [1.29, 1.82) is 0 Å². The fourth-order valence-corrected chi connectivity index (χ4v) is 2.99. The smallest absolute Gasteiger partial charge is 0.271 e. The molecule has 2 N–H and O–H groups in total. The van der Waals surface area contributed by atoms with Crippen molar-refractivity contribution in [1.82, 2.24) is 4.57 Å².